The molecule has 2 aromatic heterocycles. The summed E-state index contributed by atoms with van der Waals surface area (Å²) in [5.74, 6) is 1.20. The third kappa shape index (κ3) is 2.43. The number of ether oxygens (including phenoxy) is 2. The van der Waals surface area contributed by atoms with Gasteiger partial charge in [-0.2, -0.15) is 9.50 Å². The number of hydrogen-bond acceptors (Lipinski definition) is 5. The topological polar surface area (TPSA) is 61.5 Å². The molecule has 1 aromatic carbocycles. The second kappa shape index (κ2) is 5.58. The second-order valence-electron chi connectivity index (χ2n) is 5.36. The molecule has 1 aliphatic heterocycles. The Morgan fingerprint density at radius 1 is 1.35 bits per heavy atom. The van der Waals surface area contributed by atoms with Crippen LogP contribution < -0.4 is 4.74 Å². The lowest BCUT2D eigenvalue weighted by Crippen LogP contribution is -2.00. The van der Waals surface area contributed by atoms with Crippen LogP contribution in [0, 0.1) is 5.82 Å². The van der Waals surface area contributed by atoms with Crippen LogP contribution in [0.15, 0.2) is 30.5 Å². The van der Waals surface area contributed by atoms with Crippen LogP contribution in [0.2, 0.25) is 0 Å². The van der Waals surface area contributed by atoms with E-state index < -0.39 is 0 Å². The van der Waals surface area contributed by atoms with Crippen molar-refractivity contribution in [3.8, 4) is 17.0 Å². The molecule has 3 aromatic rings. The highest BCUT2D eigenvalue weighted by molar-refractivity contribution is 5.68. The van der Waals surface area contributed by atoms with Gasteiger partial charge in [0.2, 0.25) is 0 Å². The van der Waals surface area contributed by atoms with Gasteiger partial charge in [-0.05, 0) is 31.0 Å². The fourth-order valence-corrected chi connectivity index (χ4v) is 2.81. The molecule has 118 valence electrons. The van der Waals surface area contributed by atoms with Gasteiger partial charge in [0.1, 0.15) is 17.7 Å². The molecule has 1 atom stereocenters. The summed E-state index contributed by atoms with van der Waals surface area (Å²) >= 11 is 0. The summed E-state index contributed by atoms with van der Waals surface area (Å²) in [6.45, 7) is 0.728. The summed E-state index contributed by atoms with van der Waals surface area (Å²) in [5.41, 5.74) is 1.47. The largest absolute Gasteiger partial charge is 0.496 e. The van der Waals surface area contributed by atoms with Crippen LogP contribution in [0.1, 0.15) is 24.8 Å². The van der Waals surface area contributed by atoms with Gasteiger partial charge in [-0.3, -0.25) is 0 Å². The molecule has 0 unspecified atom stereocenters. The quantitative estimate of drug-likeness (QED) is 0.744. The summed E-state index contributed by atoms with van der Waals surface area (Å²) in [7, 11) is 1.51. The van der Waals surface area contributed by atoms with Gasteiger partial charge in [0, 0.05) is 24.4 Å². The maximum absolute atomic E-state index is 13.4. The van der Waals surface area contributed by atoms with E-state index in [9.17, 15) is 4.39 Å². The Balaban J connectivity index is 1.87. The van der Waals surface area contributed by atoms with Crippen molar-refractivity contribution < 1.29 is 13.9 Å². The lowest BCUT2D eigenvalue weighted by molar-refractivity contribution is 0.105. The van der Waals surface area contributed by atoms with Crippen LogP contribution in [0.3, 0.4) is 0 Å². The first-order valence-electron chi connectivity index (χ1n) is 7.43. The first-order chi connectivity index (χ1) is 11.3. The Kier molecular flexibility index (Phi) is 3.42. The molecule has 0 radical (unpaired) electrons. The number of benzene rings is 1. The predicted octanol–water partition coefficient (Wildman–Crippen LogP) is 2.79. The summed E-state index contributed by atoms with van der Waals surface area (Å²) in [6, 6.07) is 6.20. The number of nitrogens with zero attached hydrogens (tertiary/aromatic N) is 4. The van der Waals surface area contributed by atoms with Crippen LogP contribution in [-0.2, 0) is 4.74 Å². The van der Waals surface area contributed by atoms with Gasteiger partial charge in [-0.1, -0.05) is 0 Å². The molecule has 0 spiro atoms. The fourth-order valence-electron chi connectivity index (χ4n) is 2.81. The molecule has 4 rings (SSSR count). The SMILES string of the molecule is COc1cc(F)ccc1-c1ccnc2nc([C@@H]3CCCO3)nn12. The van der Waals surface area contributed by atoms with Crippen molar-refractivity contribution in [3.63, 3.8) is 0 Å². The first kappa shape index (κ1) is 14.1. The molecule has 1 fully saturated rings. The fraction of sp³-hybridized carbons (Fsp3) is 0.312. The van der Waals surface area contributed by atoms with Crippen molar-refractivity contribution in [1.29, 1.82) is 0 Å². The van der Waals surface area contributed by atoms with Crippen molar-refractivity contribution in [2.24, 2.45) is 0 Å². The van der Waals surface area contributed by atoms with E-state index in [2.05, 4.69) is 15.1 Å². The van der Waals surface area contributed by atoms with Crippen molar-refractivity contribution in [1.82, 2.24) is 19.6 Å². The van der Waals surface area contributed by atoms with Crippen LogP contribution in [0.4, 0.5) is 4.39 Å². The third-order valence-electron chi connectivity index (χ3n) is 3.91. The van der Waals surface area contributed by atoms with E-state index in [1.165, 1.54) is 19.2 Å². The second-order valence-corrected chi connectivity index (χ2v) is 5.36. The van der Waals surface area contributed by atoms with E-state index in [1.54, 1.807) is 22.8 Å². The summed E-state index contributed by atoms with van der Waals surface area (Å²) in [5, 5.41) is 4.54. The molecule has 0 N–H and O–H groups in total. The Hall–Kier alpha value is -2.54. The molecular formula is C16H15FN4O2. The van der Waals surface area contributed by atoms with Crippen LogP contribution in [0.25, 0.3) is 17.0 Å². The van der Waals surface area contributed by atoms with Gasteiger partial charge < -0.3 is 9.47 Å². The molecule has 0 aliphatic carbocycles. The molecule has 0 saturated carbocycles. The Morgan fingerprint density at radius 2 is 2.26 bits per heavy atom. The van der Waals surface area contributed by atoms with Gasteiger partial charge in [0.15, 0.2) is 5.82 Å². The Bertz CT molecular complexity index is 858. The number of methoxy groups -OCH3 is 1. The minimum absolute atomic E-state index is 0.0836. The van der Waals surface area contributed by atoms with Crippen molar-refractivity contribution in [3.05, 3.63) is 42.1 Å². The minimum Gasteiger partial charge on any atom is -0.496 e. The van der Waals surface area contributed by atoms with Crippen LogP contribution >= 0.6 is 0 Å². The maximum atomic E-state index is 13.4. The highest BCUT2D eigenvalue weighted by Crippen LogP contribution is 2.31. The molecule has 1 aliphatic rings. The van der Waals surface area contributed by atoms with Gasteiger partial charge in [-0.25, -0.2) is 9.37 Å². The van der Waals surface area contributed by atoms with Gasteiger partial charge in [0.25, 0.3) is 5.78 Å². The lowest BCUT2D eigenvalue weighted by Gasteiger charge is -2.09. The normalized spacial score (nSPS) is 17.7. The molecule has 0 bridgehead atoms. The lowest BCUT2D eigenvalue weighted by atomic mass is 10.1. The average molecular weight is 314 g/mol. The van der Waals surface area contributed by atoms with Crippen LogP contribution in [0.5, 0.6) is 5.75 Å². The van der Waals surface area contributed by atoms with Gasteiger partial charge in [0.05, 0.1) is 12.8 Å². The summed E-state index contributed by atoms with van der Waals surface area (Å²) < 4.78 is 26.0. The molecule has 0 amide bonds. The number of aromatic nitrogens is 4. The summed E-state index contributed by atoms with van der Waals surface area (Å²) in [4.78, 5) is 8.71. The monoisotopic (exact) mass is 314 g/mol. The molecule has 23 heavy (non-hydrogen) atoms. The van der Waals surface area contributed by atoms with Gasteiger partial charge in [-0.15, -0.1) is 5.10 Å². The van der Waals surface area contributed by atoms with E-state index in [1.807, 2.05) is 0 Å². The average Bonchev–Trinajstić information content (AvgIpc) is 3.23. The predicted molar refractivity (Wildman–Crippen MR) is 80.7 cm³/mol. The minimum atomic E-state index is -0.352. The van der Waals surface area contributed by atoms with Crippen molar-refractivity contribution in [2.75, 3.05) is 13.7 Å². The molecule has 1 saturated heterocycles. The number of halogens is 1. The highest BCUT2D eigenvalue weighted by atomic mass is 19.1. The van der Waals surface area contributed by atoms with E-state index in [0.29, 0.717) is 17.4 Å². The zero-order chi connectivity index (χ0) is 15.8. The van der Waals surface area contributed by atoms with E-state index in [4.69, 9.17) is 9.47 Å². The zero-order valence-electron chi connectivity index (χ0n) is 12.6. The Morgan fingerprint density at radius 3 is 3.04 bits per heavy atom. The summed E-state index contributed by atoms with van der Waals surface area (Å²) in [6.07, 6.45) is 3.49. The first-order valence-corrected chi connectivity index (χ1v) is 7.43. The maximum Gasteiger partial charge on any atom is 0.253 e. The smallest absolute Gasteiger partial charge is 0.253 e. The van der Waals surface area contributed by atoms with Crippen LogP contribution in [-0.4, -0.2) is 33.3 Å². The standard InChI is InChI=1S/C16H15FN4O2/c1-22-14-9-10(17)4-5-11(14)12-6-7-18-16-19-15(20-21(12)16)13-3-2-8-23-13/h4-7,9,13H,2-3,8H2,1H3/t13-/m0/s1. The highest BCUT2D eigenvalue weighted by Gasteiger charge is 2.23. The van der Waals surface area contributed by atoms with Gasteiger partial charge >= 0.3 is 0 Å². The molecular weight excluding hydrogens is 299 g/mol. The molecule has 6 nitrogen and oxygen atoms in total. The van der Waals surface area contributed by atoms with E-state index >= 15 is 0 Å². The number of fused-ring (bicyclic) bond motifs is 1. The number of hydrogen-bond donors (Lipinski definition) is 0. The third-order valence-corrected chi connectivity index (χ3v) is 3.91. The molecule has 3 heterocycles. The van der Waals surface area contributed by atoms with Crippen molar-refractivity contribution in [2.45, 2.75) is 18.9 Å². The Labute approximate surface area is 131 Å². The molecule has 7 heteroatoms. The van der Waals surface area contributed by atoms with Crippen molar-refractivity contribution >= 4 is 5.78 Å². The zero-order valence-corrected chi connectivity index (χ0v) is 12.6. The van der Waals surface area contributed by atoms with E-state index in [-0.39, 0.29) is 11.9 Å². The number of rotatable bonds is 3. The van der Waals surface area contributed by atoms with E-state index in [0.717, 1.165) is 30.7 Å².